The highest BCUT2D eigenvalue weighted by Gasteiger charge is 2.10. The Morgan fingerprint density at radius 1 is 1.22 bits per heavy atom. The molecule has 4 N–H and O–H groups in total. The molecule has 1 aromatic heterocycles. The van der Waals surface area contributed by atoms with E-state index in [1.807, 2.05) is 6.92 Å². The molecule has 2 aromatic rings. The summed E-state index contributed by atoms with van der Waals surface area (Å²) in [7, 11) is 0. The third-order valence-electron chi connectivity index (χ3n) is 3.11. The predicted octanol–water partition coefficient (Wildman–Crippen LogP) is 2.94. The van der Waals surface area contributed by atoms with Crippen LogP contribution in [-0.4, -0.2) is 18.4 Å². The number of aryl methyl sites for hydroxylation is 1. The van der Waals surface area contributed by atoms with Crippen LogP contribution in [0.3, 0.4) is 0 Å². The van der Waals surface area contributed by atoms with Crippen LogP contribution < -0.4 is 16.4 Å². The molecule has 23 heavy (non-hydrogen) atoms. The van der Waals surface area contributed by atoms with Gasteiger partial charge in [0.15, 0.2) is 5.76 Å². The van der Waals surface area contributed by atoms with Crippen molar-refractivity contribution in [1.29, 1.82) is 0 Å². The minimum absolute atomic E-state index is 0. The summed E-state index contributed by atoms with van der Waals surface area (Å²) in [5, 5.41) is 5.57. The Hall–Kier alpha value is -2.31. The van der Waals surface area contributed by atoms with E-state index in [0.29, 0.717) is 30.8 Å². The smallest absolute Gasteiger partial charge is 0.291 e. The average Bonchev–Trinajstić information content (AvgIpc) is 3.02. The van der Waals surface area contributed by atoms with Crippen LogP contribution in [0.5, 0.6) is 0 Å². The van der Waals surface area contributed by atoms with Crippen LogP contribution in [0.15, 0.2) is 41.0 Å². The van der Waals surface area contributed by atoms with E-state index in [-0.39, 0.29) is 30.0 Å². The molecule has 1 heterocycles. The maximum Gasteiger partial charge on any atom is 0.291 e. The van der Waals surface area contributed by atoms with Gasteiger partial charge in [-0.15, -0.1) is 12.4 Å². The first kappa shape index (κ1) is 18.7. The zero-order valence-electron chi connectivity index (χ0n) is 12.8. The number of furan rings is 1. The minimum atomic E-state index is -0.312. The van der Waals surface area contributed by atoms with Gasteiger partial charge in [-0.3, -0.25) is 9.59 Å². The Balaban J connectivity index is 0.00000264. The molecule has 0 saturated heterocycles. The van der Waals surface area contributed by atoms with Crippen LogP contribution in [0.25, 0.3) is 0 Å². The van der Waals surface area contributed by atoms with Gasteiger partial charge in [-0.05, 0) is 55.8 Å². The lowest BCUT2D eigenvalue weighted by atomic mass is 10.1. The van der Waals surface area contributed by atoms with Crippen LogP contribution in [0.1, 0.15) is 29.0 Å². The van der Waals surface area contributed by atoms with E-state index >= 15 is 0 Å². The zero-order chi connectivity index (χ0) is 15.9. The van der Waals surface area contributed by atoms with Crippen LogP contribution in [0, 0.1) is 6.92 Å². The zero-order valence-corrected chi connectivity index (χ0v) is 13.6. The Morgan fingerprint density at radius 3 is 2.61 bits per heavy atom. The number of amides is 2. The Bertz CT molecular complexity index is 657. The second-order valence-electron chi connectivity index (χ2n) is 4.90. The normalized spacial score (nSPS) is 9.83. The van der Waals surface area contributed by atoms with Crippen molar-refractivity contribution in [2.45, 2.75) is 19.8 Å². The second kappa shape index (κ2) is 8.97. The highest BCUT2D eigenvalue weighted by atomic mass is 35.5. The van der Waals surface area contributed by atoms with E-state index in [2.05, 4.69) is 10.6 Å². The number of halogens is 1. The van der Waals surface area contributed by atoms with Gasteiger partial charge in [0.2, 0.25) is 5.91 Å². The molecular weight excluding hydrogens is 318 g/mol. The number of benzene rings is 1. The topological polar surface area (TPSA) is 97.4 Å². The number of anilines is 2. The first-order valence-electron chi connectivity index (χ1n) is 7.05. The van der Waals surface area contributed by atoms with Crippen molar-refractivity contribution in [3.63, 3.8) is 0 Å². The third kappa shape index (κ3) is 5.43. The standard InChI is InChI=1S/C16H19N3O3.ClH/c1-11-10-12(18-15(20)5-2-8-17)6-7-13(11)19-16(21)14-4-3-9-22-14;/h3-4,6-7,9-10H,2,5,8,17H2,1H3,(H,18,20)(H,19,21);1H. The first-order chi connectivity index (χ1) is 10.6. The average molecular weight is 338 g/mol. The number of rotatable bonds is 6. The Morgan fingerprint density at radius 2 is 2.00 bits per heavy atom. The van der Waals surface area contributed by atoms with Crippen LogP contribution >= 0.6 is 12.4 Å². The molecule has 2 amide bonds. The molecule has 0 unspecified atom stereocenters. The van der Waals surface area contributed by atoms with E-state index in [0.717, 1.165) is 5.56 Å². The van der Waals surface area contributed by atoms with Gasteiger partial charge in [-0.25, -0.2) is 0 Å². The molecule has 0 radical (unpaired) electrons. The number of hydrogen-bond acceptors (Lipinski definition) is 4. The fourth-order valence-electron chi connectivity index (χ4n) is 1.96. The summed E-state index contributed by atoms with van der Waals surface area (Å²) >= 11 is 0. The fraction of sp³-hybridized carbons (Fsp3) is 0.250. The maximum absolute atomic E-state index is 11.9. The minimum Gasteiger partial charge on any atom is -0.459 e. The summed E-state index contributed by atoms with van der Waals surface area (Å²) in [4.78, 5) is 23.6. The molecule has 0 fully saturated rings. The number of nitrogens with one attached hydrogen (secondary N) is 2. The van der Waals surface area contributed by atoms with E-state index in [9.17, 15) is 9.59 Å². The van der Waals surface area contributed by atoms with Crippen LogP contribution in [-0.2, 0) is 4.79 Å². The summed E-state index contributed by atoms with van der Waals surface area (Å²) in [5.41, 5.74) is 7.58. The molecule has 0 spiro atoms. The van der Waals surface area contributed by atoms with Crippen molar-refractivity contribution in [2.24, 2.45) is 5.73 Å². The summed E-state index contributed by atoms with van der Waals surface area (Å²) in [5.74, 6) is -0.136. The molecule has 0 bridgehead atoms. The lowest BCUT2D eigenvalue weighted by Crippen LogP contribution is -2.14. The summed E-state index contributed by atoms with van der Waals surface area (Å²) < 4.78 is 5.04. The van der Waals surface area contributed by atoms with E-state index in [4.69, 9.17) is 10.2 Å². The van der Waals surface area contributed by atoms with E-state index in [1.54, 1.807) is 30.3 Å². The van der Waals surface area contributed by atoms with Crippen LogP contribution in [0.2, 0.25) is 0 Å². The van der Waals surface area contributed by atoms with Gasteiger partial charge in [0.25, 0.3) is 5.91 Å². The van der Waals surface area contributed by atoms with Crippen molar-refractivity contribution in [1.82, 2.24) is 0 Å². The van der Waals surface area contributed by atoms with Crippen molar-refractivity contribution < 1.29 is 14.0 Å². The van der Waals surface area contributed by atoms with E-state index in [1.165, 1.54) is 6.26 Å². The van der Waals surface area contributed by atoms with Gasteiger partial charge in [0.1, 0.15) is 0 Å². The largest absolute Gasteiger partial charge is 0.459 e. The van der Waals surface area contributed by atoms with Crippen LogP contribution in [0.4, 0.5) is 11.4 Å². The summed E-state index contributed by atoms with van der Waals surface area (Å²) in [6.45, 7) is 2.34. The monoisotopic (exact) mass is 337 g/mol. The first-order valence-corrected chi connectivity index (χ1v) is 7.05. The van der Waals surface area contributed by atoms with Crippen molar-refractivity contribution >= 4 is 35.6 Å². The molecule has 0 aliphatic heterocycles. The summed E-state index contributed by atoms with van der Waals surface area (Å²) in [6.07, 6.45) is 2.50. The van der Waals surface area contributed by atoms with Gasteiger partial charge in [-0.2, -0.15) is 0 Å². The molecule has 1 aromatic carbocycles. The van der Waals surface area contributed by atoms with Gasteiger partial charge in [0.05, 0.1) is 6.26 Å². The van der Waals surface area contributed by atoms with Crippen molar-refractivity contribution in [3.05, 3.63) is 47.9 Å². The molecule has 0 aliphatic rings. The number of nitrogens with two attached hydrogens (primary N) is 1. The highest BCUT2D eigenvalue weighted by molar-refractivity contribution is 6.02. The number of carbonyl (C=O) groups excluding carboxylic acids is 2. The molecule has 2 rings (SSSR count). The number of carbonyl (C=O) groups is 2. The van der Waals surface area contributed by atoms with E-state index < -0.39 is 0 Å². The Kier molecular flexibility index (Phi) is 7.31. The van der Waals surface area contributed by atoms with Crippen molar-refractivity contribution in [3.8, 4) is 0 Å². The summed E-state index contributed by atoms with van der Waals surface area (Å²) in [6, 6.07) is 8.54. The van der Waals surface area contributed by atoms with Gasteiger partial charge in [-0.1, -0.05) is 0 Å². The van der Waals surface area contributed by atoms with Crippen molar-refractivity contribution in [2.75, 3.05) is 17.2 Å². The lowest BCUT2D eigenvalue weighted by molar-refractivity contribution is -0.116. The molecule has 0 saturated carbocycles. The van der Waals surface area contributed by atoms with Gasteiger partial charge >= 0.3 is 0 Å². The molecule has 124 valence electrons. The lowest BCUT2D eigenvalue weighted by Gasteiger charge is -2.10. The maximum atomic E-state index is 11.9. The SMILES string of the molecule is Cc1cc(NC(=O)CCCN)ccc1NC(=O)c1ccco1.Cl. The molecule has 0 atom stereocenters. The molecule has 0 aliphatic carbocycles. The highest BCUT2D eigenvalue weighted by Crippen LogP contribution is 2.20. The third-order valence-corrected chi connectivity index (χ3v) is 3.11. The van der Waals surface area contributed by atoms with Gasteiger partial charge in [0, 0.05) is 17.8 Å². The van der Waals surface area contributed by atoms with Gasteiger partial charge < -0.3 is 20.8 Å². The molecule has 7 heteroatoms. The quantitative estimate of drug-likeness (QED) is 0.754. The second-order valence-corrected chi connectivity index (χ2v) is 4.90. The number of hydrogen-bond donors (Lipinski definition) is 3. The Labute approximate surface area is 140 Å². The fourth-order valence-corrected chi connectivity index (χ4v) is 1.96. The molecule has 6 nitrogen and oxygen atoms in total. The molecular formula is C16H20ClN3O3. The predicted molar refractivity (Wildman–Crippen MR) is 92.0 cm³/mol.